The predicted octanol–water partition coefficient (Wildman–Crippen LogP) is 4.34. The van der Waals surface area contributed by atoms with Gasteiger partial charge in [0.15, 0.2) is 4.77 Å². The normalized spacial score (nSPS) is 25.5. The van der Waals surface area contributed by atoms with Crippen molar-refractivity contribution in [1.29, 1.82) is 0 Å². The SMILES string of the molecule is Cn1c(CC(=O)N2CCCCC2)c2n(c1=S)C[C@@]1(c3cc(Cl)ccc3F)CC21. The standard InChI is InChI=1S/C21H23ClFN3OS/c1-24-17(10-18(27)25-7-3-2-4-8-25)19-15-11-21(15,12-26(19)20(24)28)14-9-13(22)5-6-16(14)23/h5-6,9,15H,2-4,7-8,10-12H2,1H3/t15?,21-/m1/s1. The van der Waals surface area contributed by atoms with Gasteiger partial charge >= 0.3 is 0 Å². The average Bonchev–Trinajstić information content (AvgIpc) is 3.26. The van der Waals surface area contributed by atoms with Gasteiger partial charge in [-0.1, -0.05) is 11.6 Å². The number of amides is 1. The van der Waals surface area contributed by atoms with E-state index in [1.807, 2.05) is 16.5 Å². The van der Waals surface area contributed by atoms with Crippen molar-refractivity contribution >= 4 is 29.7 Å². The first kappa shape index (κ1) is 18.4. The summed E-state index contributed by atoms with van der Waals surface area (Å²) in [6.45, 7) is 2.36. The Hall–Kier alpha value is -1.66. The van der Waals surface area contributed by atoms with Crippen LogP contribution in [0.25, 0.3) is 0 Å². The monoisotopic (exact) mass is 419 g/mol. The molecule has 1 aromatic heterocycles. The van der Waals surface area contributed by atoms with Gasteiger partial charge in [-0.25, -0.2) is 4.39 Å². The maximum atomic E-state index is 14.6. The minimum absolute atomic E-state index is 0.172. The van der Waals surface area contributed by atoms with Gasteiger partial charge in [0.2, 0.25) is 5.91 Å². The zero-order valence-corrected chi connectivity index (χ0v) is 17.5. The highest BCUT2D eigenvalue weighted by atomic mass is 35.5. The van der Waals surface area contributed by atoms with E-state index in [4.69, 9.17) is 23.8 Å². The van der Waals surface area contributed by atoms with Gasteiger partial charge in [0, 0.05) is 54.4 Å². The van der Waals surface area contributed by atoms with Crippen LogP contribution in [0.15, 0.2) is 18.2 Å². The molecule has 1 unspecified atom stereocenters. The largest absolute Gasteiger partial charge is 0.342 e. The lowest BCUT2D eigenvalue weighted by atomic mass is 9.93. The summed E-state index contributed by atoms with van der Waals surface area (Å²) in [6, 6.07) is 4.79. The van der Waals surface area contributed by atoms with Crippen LogP contribution < -0.4 is 0 Å². The van der Waals surface area contributed by atoms with Crippen LogP contribution in [0, 0.1) is 10.6 Å². The summed E-state index contributed by atoms with van der Waals surface area (Å²) in [4.78, 5) is 14.9. The van der Waals surface area contributed by atoms with Crippen LogP contribution in [-0.4, -0.2) is 33.0 Å². The quantitative estimate of drug-likeness (QED) is 0.692. The van der Waals surface area contributed by atoms with Crippen molar-refractivity contribution in [2.24, 2.45) is 7.05 Å². The van der Waals surface area contributed by atoms with Gasteiger partial charge < -0.3 is 14.0 Å². The van der Waals surface area contributed by atoms with Crippen LogP contribution in [0.4, 0.5) is 4.39 Å². The topological polar surface area (TPSA) is 30.2 Å². The van der Waals surface area contributed by atoms with Gasteiger partial charge in [-0.3, -0.25) is 4.79 Å². The van der Waals surface area contributed by atoms with E-state index in [1.165, 1.54) is 12.5 Å². The summed E-state index contributed by atoms with van der Waals surface area (Å²) < 4.78 is 19.4. The van der Waals surface area contributed by atoms with E-state index < -0.39 is 0 Å². The fourth-order valence-electron chi connectivity index (χ4n) is 5.26. The van der Waals surface area contributed by atoms with Crippen molar-refractivity contribution in [3.05, 3.63) is 50.8 Å². The molecule has 5 rings (SSSR count). The number of imidazole rings is 1. The Kier molecular flexibility index (Phi) is 4.22. The first-order valence-corrected chi connectivity index (χ1v) is 10.7. The Balaban J connectivity index is 1.49. The minimum Gasteiger partial charge on any atom is -0.342 e. The highest BCUT2D eigenvalue weighted by Gasteiger charge is 2.63. The molecule has 148 valence electrons. The second-order valence-electron chi connectivity index (χ2n) is 8.41. The summed E-state index contributed by atoms with van der Waals surface area (Å²) >= 11 is 11.8. The number of aromatic nitrogens is 2. The number of nitrogens with zero attached hydrogens (tertiary/aromatic N) is 3. The van der Waals surface area contributed by atoms with Crippen LogP contribution in [-0.2, 0) is 30.2 Å². The maximum absolute atomic E-state index is 14.6. The molecule has 4 nitrogen and oxygen atoms in total. The molecule has 0 radical (unpaired) electrons. The molecule has 28 heavy (non-hydrogen) atoms. The summed E-state index contributed by atoms with van der Waals surface area (Å²) in [7, 11) is 1.94. The van der Waals surface area contributed by atoms with E-state index in [0.29, 0.717) is 28.3 Å². The van der Waals surface area contributed by atoms with Crippen molar-refractivity contribution in [1.82, 2.24) is 14.0 Å². The third-order valence-corrected chi connectivity index (χ3v) is 7.58. The molecule has 0 bridgehead atoms. The number of benzene rings is 1. The van der Waals surface area contributed by atoms with Gasteiger partial charge in [-0.05, 0) is 61.7 Å². The van der Waals surface area contributed by atoms with Gasteiger partial charge in [0.05, 0.1) is 6.42 Å². The molecule has 0 N–H and O–H groups in total. The van der Waals surface area contributed by atoms with Crippen molar-refractivity contribution in [2.75, 3.05) is 13.1 Å². The molecule has 1 saturated carbocycles. The Morgan fingerprint density at radius 2 is 2.07 bits per heavy atom. The Labute approximate surface area is 173 Å². The first-order valence-electron chi connectivity index (χ1n) is 9.94. The fourth-order valence-corrected chi connectivity index (χ4v) is 5.70. The highest BCUT2D eigenvalue weighted by Crippen LogP contribution is 2.66. The number of carbonyl (C=O) groups is 1. The van der Waals surface area contributed by atoms with Crippen molar-refractivity contribution in [2.45, 2.75) is 50.0 Å². The van der Waals surface area contributed by atoms with Crippen LogP contribution in [0.2, 0.25) is 5.02 Å². The number of halogens is 2. The average molecular weight is 420 g/mol. The minimum atomic E-state index is -0.269. The number of piperidine rings is 1. The number of fused-ring (bicyclic) bond motifs is 3. The molecule has 1 aromatic carbocycles. The molecule has 2 aliphatic heterocycles. The van der Waals surface area contributed by atoms with E-state index in [9.17, 15) is 9.18 Å². The van der Waals surface area contributed by atoms with E-state index in [2.05, 4.69) is 4.57 Å². The van der Waals surface area contributed by atoms with E-state index in [1.54, 1.807) is 12.1 Å². The van der Waals surface area contributed by atoms with Crippen LogP contribution in [0.5, 0.6) is 0 Å². The second-order valence-corrected chi connectivity index (χ2v) is 9.22. The number of carbonyl (C=O) groups excluding carboxylic acids is 1. The fraction of sp³-hybridized carbons (Fsp3) is 0.524. The molecule has 1 saturated heterocycles. The summed E-state index contributed by atoms with van der Waals surface area (Å²) in [5, 5.41) is 0.553. The third kappa shape index (κ3) is 2.61. The van der Waals surface area contributed by atoms with Gasteiger partial charge in [0.25, 0.3) is 0 Å². The Morgan fingerprint density at radius 3 is 2.82 bits per heavy atom. The summed E-state index contributed by atoms with van der Waals surface area (Å²) in [6.07, 6.45) is 4.61. The molecule has 2 atom stereocenters. The smallest absolute Gasteiger partial charge is 0.228 e. The lowest BCUT2D eigenvalue weighted by Gasteiger charge is -2.27. The van der Waals surface area contributed by atoms with Gasteiger partial charge in [0.1, 0.15) is 5.82 Å². The van der Waals surface area contributed by atoms with E-state index in [-0.39, 0.29) is 23.1 Å². The lowest BCUT2D eigenvalue weighted by Crippen LogP contribution is -2.37. The molecule has 3 heterocycles. The molecule has 7 heteroatoms. The number of likely N-dealkylation sites (tertiary alicyclic amines) is 1. The second kappa shape index (κ2) is 6.42. The first-order chi connectivity index (χ1) is 13.4. The zero-order chi connectivity index (χ0) is 19.6. The van der Waals surface area contributed by atoms with E-state index >= 15 is 0 Å². The van der Waals surface area contributed by atoms with Gasteiger partial charge in [-0.2, -0.15) is 0 Å². The molecule has 2 fully saturated rings. The van der Waals surface area contributed by atoms with Crippen molar-refractivity contribution in [3.63, 3.8) is 0 Å². The van der Waals surface area contributed by atoms with Crippen molar-refractivity contribution in [3.8, 4) is 0 Å². The summed E-state index contributed by atoms with van der Waals surface area (Å²) in [5.74, 6) is 0.164. The molecule has 3 aliphatic rings. The Bertz CT molecular complexity index is 1040. The maximum Gasteiger partial charge on any atom is 0.228 e. The Morgan fingerprint density at radius 1 is 1.32 bits per heavy atom. The third-order valence-electron chi connectivity index (χ3n) is 6.85. The van der Waals surface area contributed by atoms with Gasteiger partial charge in [-0.15, -0.1) is 0 Å². The molecule has 1 aliphatic carbocycles. The number of rotatable bonds is 3. The van der Waals surface area contributed by atoms with Crippen LogP contribution >= 0.6 is 23.8 Å². The number of hydrogen-bond acceptors (Lipinski definition) is 2. The number of hydrogen-bond donors (Lipinski definition) is 0. The molecule has 1 amide bonds. The lowest BCUT2D eigenvalue weighted by molar-refractivity contribution is -0.131. The molecular formula is C21H23ClFN3OS. The molecule has 0 spiro atoms. The summed E-state index contributed by atoms with van der Waals surface area (Å²) in [5.41, 5.74) is 2.53. The predicted molar refractivity (Wildman–Crippen MR) is 109 cm³/mol. The van der Waals surface area contributed by atoms with E-state index in [0.717, 1.165) is 43.7 Å². The molecular weight excluding hydrogens is 397 g/mol. The molecule has 2 aromatic rings. The zero-order valence-electron chi connectivity index (χ0n) is 15.9. The van der Waals surface area contributed by atoms with Crippen LogP contribution in [0.3, 0.4) is 0 Å². The van der Waals surface area contributed by atoms with Crippen LogP contribution in [0.1, 0.15) is 48.6 Å². The highest BCUT2D eigenvalue weighted by molar-refractivity contribution is 7.71. The van der Waals surface area contributed by atoms with Crippen molar-refractivity contribution < 1.29 is 9.18 Å².